The van der Waals surface area contributed by atoms with E-state index in [9.17, 15) is 35.1 Å². The highest BCUT2D eigenvalue weighted by molar-refractivity contribution is 8.00. The van der Waals surface area contributed by atoms with Gasteiger partial charge in [0.05, 0.1) is 0 Å². The Balaban J connectivity index is 2.51. The topological polar surface area (TPSA) is 0 Å². The Kier molecular flexibility index (Phi) is 7.66. The van der Waals surface area contributed by atoms with Crippen molar-refractivity contribution < 1.29 is 35.1 Å². The maximum atomic E-state index is 14.4. The Bertz CT molecular complexity index is 841. The fourth-order valence-corrected chi connectivity index (χ4v) is 3.86. The van der Waals surface area contributed by atoms with Crippen molar-refractivity contribution >= 4 is 23.5 Å². The molecule has 0 radical (unpaired) electrons. The summed E-state index contributed by atoms with van der Waals surface area (Å²) >= 11 is 0.266. The number of hydrogen-bond donors (Lipinski definition) is 0. The smallest absolute Gasteiger partial charge is 0.229 e. The summed E-state index contributed by atoms with van der Waals surface area (Å²) in [6, 6.07) is 4.94. The van der Waals surface area contributed by atoms with Gasteiger partial charge in [-0.1, -0.05) is 35.7 Å². The maximum absolute atomic E-state index is 14.4. The minimum Gasteiger partial charge on any atom is -0.229 e. The number of rotatable bonds is 7. The van der Waals surface area contributed by atoms with Gasteiger partial charge in [-0.05, 0) is 37.1 Å². The normalized spacial score (nSPS) is 14.0. The monoisotopic (exact) mass is 446 g/mol. The van der Waals surface area contributed by atoms with Gasteiger partial charge < -0.3 is 0 Å². The second kappa shape index (κ2) is 9.39. The molecule has 0 heterocycles. The molecule has 0 saturated heterocycles. The van der Waals surface area contributed by atoms with E-state index in [4.69, 9.17) is 0 Å². The summed E-state index contributed by atoms with van der Waals surface area (Å²) in [6.07, 6.45) is -6.56. The zero-order valence-electron chi connectivity index (χ0n) is 14.5. The Hall–Kier alpha value is -1.42. The van der Waals surface area contributed by atoms with E-state index in [1.807, 2.05) is 0 Å². The molecule has 2 rings (SSSR count). The van der Waals surface area contributed by atoms with E-state index < -0.39 is 35.5 Å². The highest BCUT2D eigenvalue weighted by Crippen LogP contribution is 2.39. The molecule has 0 fully saturated rings. The van der Waals surface area contributed by atoms with Crippen LogP contribution in [0.15, 0.2) is 34.1 Å². The molecule has 154 valence electrons. The Morgan fingerprint density at radius 3 is 1.79 bits per heavy atom. The van der Waals surface area contributed by atoms with Gasteiger partial charge in [0.1, 0.15) is 0 Å². The summed E-state index contributed by atoms with van der Waals surface area (Å²) in [5.74, 6) is -2.65. The minimum absolute atomic E-state index is 0.0141. The van der Waals surface area contributed by atoms with Crippen LogP contribution in [0.5, 0.6) is 0 Å². The van der Waals surface area contributed by atoms with Gasteiger partial charge in [0.15, 0.2) is 11.6 Å². The van der Waals surface area contributed by atoms with Crippen molar-refractivity contribution in [3.05, 3.63) is 47.0 Å². The zero-order valence-corrected chi connectivity index (χ0v) is 16.1. The molecule has 0 nitrogen and oxygen atoms in total. The Morgan fingerprint density at radius 2 is 1.25 bits per heavy atom. The summed E-state index contributed by atoms with van der Waals surface area (Å²) in [7, 11) is 0. The lowest BCUT2D eigenvalue weighted by molar-refractivity contribution is 0.0951. The van der Waals surface area contributed by atoms with Crippen LogP contribution in [0.1, 0.15) is 11.1 Å². The molecular weight excluding hydrogens is 432 g/mol. The van der Waals surface area contributed by atoms with E-state index >= 15 is 0 Å². The first-order valence-electron chi connectivity index (χ1n) is 7.80. The van der Waals surface area contributed by atoms with Crippen molar-refractivity contribution in [3.63, 3.8) is 0 Å². The van der Waals surface area contributed by atoms with Crippen LogP contribution in [-0.4, -0.2) is 23.9 Å². The third-order valence-corrected chi connectivity index (χ3v) is 6.01. The number of halogens is 8. The van der Waals surface area contributed by atoms with Crippen LogP contribution in [0.2, 0.25) is 0 Å². The molecule has 2 aromatic rings. The molecule has 0 aliphatic rings. The van der Waals surface area contributed by atoms with Crippen LogP contribution in [0.25, 0.3) is 11.1 Å². The molecule has 0 aliphatic heterocycles. The molecule has 2 aromatic carbocycles. The quantitative estimate of drug-likeness (QED) is 0.318. The number of aryl methyl sites for hydroxylation is 1. The van der Waals surface area contributed by atoms with Crippen molar-refractivity contribution in [2.24, 2.45) is 0 Å². The fraction of sp³-hybridized carbons (Fsp3) is 0.333. The van der Waals surface area contributed by atoms with Crippen LogP contribution < -0.4 is 0 Å². The van der Waals surface area contributed by atoms with E-state index in [1.54, 1.807) is 0 Å². The number of hydrogen-bond acceptors (Lipinski definition) is 2. The van der Waals surface area contributed by atoms with Crippen LogP contribution >= 0.6 is 23.5 Å². The molecule has 28 heavy (non-hydrogen) atoms. The second-order valence-corrected chi connectivity index (χ2v) is 8.01. The summed E-state index contributed by atoms with van der Waals surface area (Å²) in [4.78, 5) is -0.150. The molecule has 0 aliphatic carbocycles. The SMILES string of the molecule is Cc1ccc(-c2cc(SC(F)C(F)F)c(C)c(F)c2F)cc1SC(F)C(F)F. The molecule has 10 heteroatoms. The Labute approximate surface area is 164 Å². The van der Waals surface area contributed by atoms with Crippen molar-refractivity contribution in [1.29, 1.82) is 0 Å². The lowest BCUT2D eigenvalue weighted by Gasteiger charge is -2.15. The van der Waals surface area contributed by atoms with E-state index in [1.165, 1.54) is 25.1 Å². The van der Waals surface area contributed by atoms with Crippen LogP contribution in [-0.2, 0) is 0 Å². The average Bonchev–Trinajstić information content (AvgIpc) is 2.63. The number of benzene rings is 2. The van der Waals surface area contributed by atoms with E-state index in [2.05, 4.69) is 0 Å². The van der Waals surface area contributed by atoms with Gasteiger partial charge in [-0.3, -0.25) is 0 Å². The van der Waals surface area contributed by atoms with Gasteiger partial charge in [0.2, 0.25) is 11.0 Å². The van der Waals surface area contributed by atoms with E-state index in [0.29, 0.717) is 5.56 Å². The molecule has 2 unspecified atom stereocenters. The van der Waals surface area contributed by atoms with Crippen LogP contribution in [0.4, 0.5) is 35.1 Å². The van der Waals surface area contributed by atoms with Gasteiger partial charge >= 0.3 is 0 Å². The largest absolute Gasteiger partial charge is 0.278 e. The first-order valence-corrected chi connectivity index (χ1v) is 9.56. The predicted octanol–water partition coefficient (Wildman–Crippen LogP) is 7.55. The van der Waals surface area contributed by atoms with Gasteiger partial charge in [0, 0.05) is 20.9 Å². The summed E-state index contributed by atoms with van der Waals surface area (Å²) < 4.78 is 105. The molecule has 0 bridgehead atoms. The second-order valence-electron chi connectivity index (χ2n) is 5.76. The number of thioether (sulfide) groups is 2. The van der Waals surface area contributed by atoms with E-state index in [0.717, 1.165) is 13.0 Å². The first-order chi connectivity index (χ1) is 13.0. The van der Waals surface area contributed by atoms with Gasteiger partial charge in [-0.15, -0.1) is 0 Å². The molecule has 0 saturated carbocycles. The lowest BCUT2D eigenvalue weighted by atomic mass is 10.0. The highest BCUT2D eigenvalue weighted by Gasteiger charge is 2.25. The first kappa shape index (κ1) is 22.9. The number of alkyl halides is 6. The fourth-order valence-electron chi connectivity index (χ4n) is 2.27. The summed E-state index contributed by atoms with van der Waals surface area (Å²) in [5, 5.41) is 0. The summed E-state index contributed by atoms with van der Waals surface area (Å²) in [5.41, 5.74) is -5.42. The summed E-state index contributed by atoms with van der Waals surface area (Å²) in [6.45, 7) is 2.64. The van der Waals surface area contributed by atoms with Crippen molar-refractivity contribution in [3.8, 4) is 11.1 Å². The van der Waals surface area contributed by atoms with Gasteiger partial charge in [0.25, 0.3) is 12.9 Å². The molecule has 0 aromatic heterocycles. The molecule has 0 N–H and O–H groups in total. The van der Waals surface area contributed by atoms with Crippen LogP contribution in [0.3, 0.4) is 0 Å². The van der Waals surface area contributed by atoms with Crippen molar-refractivity contribution in [1.82, 2.24) is 0 Å². The zero-order chi connectivity index (χ0) is 21.2. The van der Waals surface area contributed by atoms with Crippen LogP contribution in [0, 0.1) is 25.5 Å². The van der Waals surface area contributed by atoms with Crippen molar-refractivity contribution in [2.45, 2.75) is 47.5 Å². The molecular formula is C18H14F8S2. The lowest BCUT2D eigenvalue weighted by Crippen LogP contribution is -2.08. The molecule has 2 atom stereocenters. The predicted molar refractivity (Wildman–Crippen MR) is 94.8 cm³/mol. The average molecular weight is 446 g/mol. The van der Waals surface area contributed by atoms with Gasteiger partial charge in [-0.25, -0.2) is 35.1 Å². The molecule has 0 spiro atoms. The standard InChI is InChI=1S/C18H14F8S2/c1-7-3-4-9(5-11(7)27-17(25)15(21)22)10-6-12(28-18(26)16(23)24)8(2)13(19)14(10)20/h3-6,15-18H,1-2H3. The molecule has 0 amide bonds. The van der Waals surface area contributed by atoms with Crippen molar-refractivity contribution in [2.75, 3.05) is 0 Å². The van der Waals surface area contributed by atoms with Gasteiger partial charge in [-0.2, -0.15) is 0 Å². The third-order valence-electron chi connectivity index (χ3n) is 3.78. The minimum atomic E-state index is -3.32. The Morgan fingerprint density at radius 1 is 0.714 bits per heavy atom. The highest BCUT2D eigenvalue weighted by atomic mass is 32.2. The van der Waals surface area contributed by atoms with E-state index in [-0.39, 0.29) is 50.0 Å². The third kappa shape index (κ3) is 5.14. The maximum Gasteiger partial charge on any atom is 0.278 e.